The Balaban J connectivity index is 2.71. The molecule has 1 heterocycles. The van der Waals surface area contributed by atoms with Gasteiger partial charge in [0.15, 0.2) is 3.67 Å². The molecule has 1 aliphatic rings. The van der Waals surface area contributed by atoms with E-state index in [2.05, 4.69) is 0 Å². The molecule has 0 aromatic carbocycles. The van der Waals surface area contributed by atoms with Crippen LogP contribution in [0.1, 0.15) is 0 Å². The zero-order valence-electron chi connectivity index (χ0n) is 4.53. The van der Waals surface area contributed by atoms with Gasteiger partial charge in [0, 0.05) is 0 Å². The van der Waals surface area contributed by atoms with Gasteiger partial charge in [0.25, 0.3) is 0 Å². The van der Waals surface area contributed by atoms with Crippen molar-refractivity contribution in [2.24, 2.45) is 0 Å². The Kier molecular flexibility index (Phi) is 3.24. The summed E-state index contributed by atoms with van der Waals surface area (Å²) >= 11 is 29.9. The largest absolute Gasteiger partial charge is 0.182 e. The topological polar surface area (TPSA) is 0 Å². The Hall–Kier alpha value is 1.80. The molecule has 1 saturated heterocycles. The van der Waals surface area contributed by atoms with Crippen LogP contribution in [0.5, 0.6) is 0 Å². The molecule has 0 nitrogen and oxygen atoms in total. The number of rotatable bonds is 0. The van der Waals surface area contributed by atoms with Gasteiger partial charge in [-0.2, -0.15) is 0 Å². The maximum atomic E-state index is 5.75. The van der Waals surface area contributed by atoms with Crippen LogP contribution in [0.3, 0.4) is 0 Å². The third-order valence-electron chi connectivity index (χ3n) is 1.12. The minimum absolute atomic E-state index is 0.306. The second-order valence-electron chi connectivity index (χ2n) is 1.88. The summed E-state index contributed by atoms with van der Waals surface area (Å²) in [5.41, 5.74) is 0. The number of hydrogen-bond acceptors (Lipinski definition) is 1. The summed E-state index contributed by atoms with van der Waals surface area (Å²) in [5.74, 6) is 0. The van der Waals surface area contributed by atoms with Crippen LogP contribution in [-0.4, -0.2) is 19.1 Å². The molecule has 0 radical (unpaired) electrons. The van der Waals surface area contributed by atoms with Gasteiger partial charge in [0.05, 0.1) is 15.5 Å². The lowest BCUT2D eigenvalue weighted by atomic mass is 10.3. The highest BCUT2D eigenvalue weighted by atomic mass is 35.5. The van der Waals surface area contributed by atoms with Crippen molar-refractivity contribution in [1.29, 1.82) is 0 Å². The zero-order chi connectivity index (χ0) is 7.94. The average molecular weight is 260 g/mol. The van der Waals surface area contributed by atoms with Gasteiger partial charge in [-0.15, -0.1) is 46.6 Å². The number of thioether (sulfide) groups is 1. The molecule has 0 saturated carbocycles. The molecule has 0 spiro atoms. The Bertz CT molecular complexity index is 138. The second-order valence-corrected chi connectivity index (χ2v) is 6.80. The smallest absolute Gasteiger partial charge is 0.119 e. The van der Waals surface area contributed by atoms with Crippen LogP contribution >= 0.6 is 69.8 Å². The first-order chi connectivity index (χ1) is 4.45. The van der Waals surface area contributed by atoms with Gasteiger partial charge in [-0.25, -0.2) is 0 Å². The van der Waals surface area contributed by atoms with Gasteiger partial charge in [-0.1, -0.05) is 23.2 Å². The van der Waals surface area contributed by atoms with Crippen LogP contribution in [0, 0.1) is 0 Å². The molecule has 0 aromatic rings. The van der Waals surface area contributed by atoms with E-state index in [0.717, 1.165) is 0 Å². The third-order valence-corrected chi connectivity index (χ3v) is 5.61. The third kappa shape index (κ3) is 1.75. The summed E-state index contributed by atoms with van der Waals surface area (Å²) in [6.07, 6.45) is 0. The Labute approximate surface area is 88.5 Å². The SMILES string of the molecule is ClC1SC(Cl)(Cl)C(Cl)C1Cl. The predicted octanol–water partition coefficient (Wildman–Crippen LogP) is 3.64. The molecule has 0 aliphatic carbocycles. The number of hydrogen-bond donors (Lipinski definition) is 0. The van der Waals surface area contributed by atoms with Crippen molar-refractivity contribution in [1.82, 2.24) is 0 Å². The fourth-order valence-electron chi connectivity index (χ4n) is 0.598. The van der Waals surface area contributed by atoms with E-state index in [9.17, 15) is 0 Å². The van der Waals surface area contributed by atoms with Crippen molar-refractivity contribution in [3.63, 3.8) is 0 Å². The van der Waals surface area contributed by atoms with Crippen molar-refractivity contribution in [3.8, 4) is 0 Å². The predicted molar refractivity (Wildman–Crippen MR) is 51.0 cm³/mol. The van der Waals surface area contributed by atoms with Crippen LogP contribution in [0.2, 0.25) is 0 Å². The standard InChI is InChI=1S/C4H3Cl5S/c5-1-2(6)4(8,9)10-3(1)7/h1-3H. The summed E-state index contributed by atoms with van der Waals surface area (Å²) in [6.45, 7) is 0. The van der Waals surface area contributed by atoms with Crippen molar-refractivity contribution in [2.45, 2.75) is 19.1 Å². The molecule has 6 heteroatoms. The fourth-order valence-corrected chi connectivity index (χ4v) is 4.16. The Morgan fingerprint density at radius 1 is 1.10 bits per heavy atom. The van der Waals surface area contributed by atoms with E-state index in [-0.39, 0.29) is 10.1 Å². The maximum Gasteiger partial charge on any atom is 0.182 e. The molecule has 1 fully saturated rings. The second kappa shape index (κ2) is 3.27. The quantitative estimate of drug-likeness (QED) is 0.599. The summed E-state index contributed by atoms with van der Waals surface area (Å²) in [7, 11) is 0. The fraction of sp³-hybridized carbons (Fsp3) is 1.00. The molecule has 0 amide bonds. The molecule has 1 rings (SSSR count). The molecule has 3 unspecified atom stereocenters. The summed E-state index contributed by atoms with van der Waals surface area (Å²) < 4.78 is -1.35. The van der Waals surface area contributed by atoms with Crippen molar-refractivity contribution in [2.75, 3.05) is 0 Å². The molecular weight excluding hydrogens is 257 g/mol. The molecule has 0 aromatic heterocycles. The van der Waals surface area contributed by atoms with E-state index in [0.29, 0.717) is 0 Å². The van der Waals surface area contributed by atoms with E-state index in [4.69, 9.17) is 58.0 Å². The molecule has 10 heavy (non-hydrogen) atoms. The average Bonchev–Trinajstić information content (AvgIpc) is 1.95. The van der Waals surface area contributed by atoms with Gasteiger partial charge in [0.1, 0.15) is 0 Å². The summed E-state index contributed by atoms with van der Waals surface area (Å²) in [4.78, 5) is 0. The lowest BCUT2D eigenvalue weighted by Crippen LogP contribution is -2.23. The Morgan fingerprint density at radius 2 is 1.60 bits per heavy atom. The lowest BCUT2D eigenvalue weighted by Gasteiger charge is -2.14. The highest BCUT2D eigenvalue weighted by Gasteiger charge is 2.50. The first kappa shape index (κ1) is 9.88. The molecular formula is C4H3Cl5S. The van der Waals surface area contributed by atoms with Gasteiger partial charge >= 0.3 is 0 Å². The molecule has 60 valence electrons. The lowest BCUT2D eigenvalue weighted by molar-refractivity contribution is 0.881. The minimum Gasteiger partial charge on any atom is -0.119 e. The zero-order valence-corrected chi connectivity index (χ0v) is 9.13. The molecule has 3 atom stereocenters. The summed E-state index contributed by atoms with van der Waals surface area (Å²) in [5, 5.41) is -0.867. The van der Waals surface area contributed by atoms with Gasteiger partial charge in [-0.3, -0.25) is 0 Å². The van der Waals surface area contributed by atoms with Crippen LogP contribution < -0.4 is 0 Å². The summed E-state index contributed by atoms with van der Waals surface area (Å²) in [6, 6.07) is 0. The molecule has 0 bridgehead atoms. The molecule has 1 aliphatic heterocycles. The van der Waals surface area contributed by atoms with E-state index in [1.54, 1.807) is 0 Å². The van der Waals surface area contributed by atoms with Crippen LogP contribution in [0.15, 0.2) is 0 Å². The van der Waals surface area contributed by atoms with Gasteiger partial charge in [-0.05, 0) is 0 Å². The van der Waals surface area contributed by atoms with E-state index in [1.807, 2.05) is 0 Å². The first-order valence-electron chi connectivity index (χ1n) is 2.43. The molecule has 0 N–H and O–H groups in total. The number of alkyl halides is 5. The van der Waals surface area contributed by atoms with E-state index < -0.39 is 9.04 Å². The van der Waals surface area contributed by atoms with Crippen LogP contribution in [-0.2, 0) is 0 Å². The van der Waals surface area contributed by atoms with Crippen LogP contribution in [0.4, 0.5) is 0 Å². The van der Waals surface area contributed by atoms with E-state index in [1.165, 1.54) is 11.8 Å². The van der Waals surface area contributed by atoms with Crippen molar-refractivity contribution in [3.05, 3.63) is 0 Å². The van der Waals surface area contributed by atoms with Gasteiger partial charge < -0.3 is 0 Å². The van der Waals surface area contributed by atoms with E-state index >= 15 is 0 Å². The van der Waals surface area contributed by atoms with Crippen molar-refractivity contribution >= 4 is 69.8 Å². The normalized spacial score (nSPS) is 45.9. The van der Waals surface area contributed by atoms with Crippen LogP contribution in [0.25, 0.3) is 0 Å². The Morgan fingerprint density at radius 3 is 1.70 bits per heavy atom. The first-order valence-corrected chi connectivity index (χ1v) is 5.37. The van der Waals surface area contributed by atoms with Gasteiger partial charge in [0.2, 0.25) is 0 Å². The monoisotopic (exact) mass is 258 g/mol. The highest BCUT2D eigenvalue weighted by molar-refractivity contribution is 8.05. The highest BCUT2D eigenvalue weighted by Crippen LogP contribution is 2.54. The maximum absolute atomic E-state index is 5.75. The minimum atomic E-state index is -1.04. The number of halogens is 5. The van der Waals surface area contributed by atoms with Crippen molar-refractivity contribution < 1.29 is 0 Å².